The Morgan fingerprint density at radius 2 is 1.95 bits per heavy atom. The number of fused-ring (bicyclic) bond motifs is 1. The number of hydrogen-bond acceptors (Lipinski definition) is 3. The third kappa shape index (κ3) is 3.04. The second-order valence-electron chi connectivity index (χ2n) is 5.63. The van der Waals surface area contributed by atoms with E-state index in [0.717, 1.165) is 39.0 Å². The number of ether oxygens (including phenoxy) is 1. The second kappa shape index (κ2) is 5.85. The van der Waals surface area contributed by atoms with E-state index in [1.807, 2.05) is 0 Å². The molecule has 2 aliphatic heterocycles. The Morgan fingerprint density at radius 1 is 1.21 bits per heavy atom. The first-order chi connectivity index (χ1) is 9.33. The van der Waals surface area contributed by atoms with Gasteiger partial charge in [-0.1, -0.05) is 24.3 Å². The summed E-state index contributed by atoms with van der Waals surface area (Å²) in [5.41, 5.74) is 2.66. The second-order valence-corrected chi connectivity index (χ2v) is 5.63. The first-order valence-electron chi connectivity index (χ1n) is 7.23. The number of benzene rings is 1. The zero-order valence-electron chi connectivity index (χ0n) is 11.2. The molecule has 3 rings (SSSR count). The van der Waals surface area contributed by atoms with Crippen LogP contribution in [0.4, 0.5) is 0 Å². The first-order valence-corrected chi connectivity index (χ1v) is 7.23. The molecule has 0 spiro atoms. The van der Waals surface area contributed by atoms with Crippen LogP contribution in [-0.4, -0.2) is 25.0 Å². The van der Waals surface area contributed by atoms with Crippen molar-refractivity contribution in [2.75, 3.05) is 13.2 Å². The Balaban J connectivity index is 1.59. The quantitative estimate of drug-likeness (QED) is 0.903. The summed E-state index contributed by atoms with van der Waals surface area (Å²) in [5.74, 6) is 0.904. The van der Waals surface area contributed by atoms with Gasteiger partial charge in [-0.25, -0.2) is 0 Å². The fraction of sp³-hybridized carbons (Fsp3) is 0.562. The van der Waals surface area contributed by atoms with Crippen molar-refractivity contribution in [3.63, 3.8) is 0 Å². The van der Waals surface area contributed by atoms with E-state index in [4.69, 9.17) is 4.74 Å². The van der Waals surface area contributed by atoms with Crippen LogP contribution >= 0.6 is 0 Å². The molecule has 0 bridgehead atoms. The van der Waals surface area contributed by atoms with Crippen LogP contribution in [0.1, 0.15) is 30.4 Å². The molecular formula is C16H21NO2. The Labute approximate surface area is 114 Å². The fourth-order valence-corrected chi connectivity index (χ4v) is 3.06. The summed E-state index contributed by atoms with van der Waals surface area (Å²) in [6, 6.07) is 8.42. The number of nitrogens with one attached hydrogen (secondary N) is 1. The molecule has 1 atom stereocenters. The molecule has 3 heteroatoms. The van der Waals surface area contributed by atoms with E-state index in [0.29, 0.717) is 18.1 Å². The third-order valence-electron chi connectivity index (χ3n) is 4.30. The number of carbonyl (C=O) groups excluding carboxylic acids is 1. The number of ketones is 1. The summed E-state index contributed by atoms with van der Waals surface area (Å²) < 4.78 is 5.35. The van der Waals surface area contributed by atoms with Gasteiger partial charge < -0.3 is 10.1 Å². The molecule has 1 aromatic rings. The lowest BCUT2D eigenvalue weighted by Crippen LogP contribution is -2.42. The molecule has 0 radical (unpaired) electrons. The molecule has 0 aliphatic carbocycles. The Morgan fingerprint density at radius 3 is 2.74 bits per heavy atom. The Kier molecular flexibility index (Phi) is 3.95. The topological polar surface area (TPSA) is 38.3 Å². The van der Waals surface area contributed by atoms with Crippen molar-refractivity contribution in [2.24, 2.45) is 5.92 Å². The summed E-state index contributed by atoms with van der Waals surface area (Å²) in [7, 11) is 0. The van der Waals surface area contributed by atoms with Gasteiger partial charge in [0.1, 0.15) is 5.78 Å². The molecule has 0 saturated carbocycles. The van der Waals surface area contributed by atoms with Crippen molar-refractivity contribution >= 4 is 5.78 Å². The predicted octanol–water partition coefficient (Wildman–Crippen LogP) is 2.09. The van der Waals surface area contributed by atoms with E-state index >= 15 is 0 Å². The zero-order valence-corrected chi connectivity index (χ0v) is 11.2. The van der Waals surface area contributed by atoms with Crippen LogP contribution in [0.15, 0.2) is 24.3 Å². The van der Waals surface area contributed by atoms with Crippen molar-refractivity contribution in [3.05, 3.63) is 35.4 Å². The highest BCUT2D eigenvalue weighted by Gasteiger charge is 2.26. The fourth-order valence-electron chi connectivity index (χ4n) is 3.06. The maximum Gasteiger partial charge on any atom is 0.150 e. The van der Waals surface area contributed by atoms with E-state index in [9.17, 15) is 4.79 Å². The lowest BCUT2D eigenvalue weighted by molar-refractivity contribution is -0.122. The van der Waals surface area contributed by atoms with Crippen molar-refractivity contribution in [2.45, 2.75) is 38.3 Å². The molecule has 1 N–H and O–H groups in total. The van der Waals surface area contributed by atoms with Crippen LogP contribution < -0.4 is 5.32 Å². The molecule has 2 aliphatic rings. The van der Waals surface area contributed by atoms with Gasteiger partial charge in [0.2, 0.25) is 0 Å². The van der Waals surface area contributed by atoms with Crippen molar-refractivity contribution in [1.82, 2.24) is 5.32 Å². The molecule has 0 amide bonds. The summed E-state index contributed by atoms with van der Waals surface area (Å²) in [4.78, 5) is 12.4. The molecule has 1 aromatic carbocycles. The van der Waals surface area contributed by atoms with Gasteiger partial charge >= 0.3 is 0 Å². The van der Waals surface area contributed by atoms with Gasteiger partial charge in [0.05, 0.1) is 6.04 Å². The van der Waals surface area contributed by atoms with Crippen molar-refractivity contribution in [1.29, 1.82) is 0 Å². The van der Waals surface area contributed by atoms with Crippen LogP contribution in [0.5, 0.6) is 0 Å². The van der Waals surface area contributed by atoms with Crippen LogP contribution in [0.25, 0.3) is 0 Å². The third-order valence-corrected chi connectivity index (χ3v) is 4.30. The lowest BCUT2D eigenvalue weighted by Gasteiger charge is -2.27. The number of hydrogen-bond donors (Lipinski definition) is 1. The van der Waals surface area contributed by atoms with E-state index < -0.39 is 0 Å². The van der Waals surface area contributed by atoms with Gasteiger partial charge in [0.25, 0.3) is 0 Å². The molecule has 2 heterocycles. The summed E-state index contributed by atoms with van der Waals surface area (Å²) >= 11 is 0. The van der Waals surface area contributed by atoms with Gasteiger partial charge in [-0.2, -0.15) is 0 Å². The minimum Gasteiger partial charge on any atom is -0.381 e. The maximum atomic E-state index is 12.4. The van der Waals surface area contributed by atoms with Gasteiger partial charge in [0.15, 0.2) is 0 Å². The average molecular weight is 259 g/mol. The standard InChI is InChI=1S/C16H21NO2/c18-16(9-12-5-7-19-8-6-12)15-10-13-3-1-2-4-14(13)11-17-15/h1-4,12,15,17H,5-11H2. The van der Waals surface area contributed by atoms with Crippen LogP contribution in [-0.2, 0) is 22.5 Å². The van der Waals surface area contributed by atoms with Gasteiger partial charge in [-0.3, -0.25) is 4.79 Å². The van der Waals surface area contributed by atoms with Crippen LogP contribution in [0, 0.1) is 5.92 Å². The number of Topliss-reactive ketones (excluding diaryl/α,β-unsaturated/α-hetero) is 1. The predicted molar refractivity (Wildman–Crippen MR) is 73.9 cm³/mol. The Bertz CT molecular complexity index is 452. The summed E-state index contributed by atoms with van der Waals surface area (Å²) in [6.07, 6.45) is 3.63. The summed E-state index contributed by atoms with van der Waals surface area (Å²) in [5, 5.41) is 3.38. The SMILES string of the molecule is O=C(CC1CCOCC1)C1Cc2ccccc2CN1. The maximum absolute atomic E-state index is 12.4. The normalized spacial score (nSPS) is 23.9. The van der Waals surface area contributed by atoms with Gasteiger partial charge in [0, 0.05) is 26.2 Å². The summed E-state index contributed by atoms with van der Waals surface area (Å²) in [6.45, 7) is 2.46. The number of rotatable bonds is 3. The lowest BCUT2D eigenvalue weighted by atomic mass is 9.87. The first kappa shape index (κ1) is 12.8. The largest absolute Gasteiger partial charge is 0.381 e. The molecule has 1 fully saturated rings. The highest BCUT2D eigenvalue weighted by Crippen LogP contribution is 2.22. The van der Waals surface area contributed by atoms with E-state index in [2.05, 4.69) is 29.6 Å². The van der Waals surface area contributed by atoms with Gasteiger partial charge in [-0.15, -0.1) is 0 Å². The zero-order chi connectivity index (χ0) is 13.1. The molecule has 1 unspecified atom stereocenters. The van der Waals surface area contributed by atoms with Crippen LogP contribution in [0.3, 0.4) is 0 Å². The molecule has 102 valence electrons. The molecule has 0 aromatic heterocycles. The highest BCUT2D eigenvalue weighted by molar-refractivity contribution is 5.84. The van der Waals surface area contributed by atoms with Crippen molar-refractivity contribution in [3.8, 4) is 0 Å². The molecule has 1 saturated heterocycles. The molecule has 19 heavy (non-hydrogen) atoms. The van der Waals surface area contributed by atoms with E-state index in [-0.39, 0.29) is 6.04 Å². The van der Waals surface area contributed by atoms with Crippen LogP contribution in [0.2, 0.25) is 0 Å². The number of carbonyl (C=O) groups is 1. The smallest absolute Gasteiger partial charge is 0.150 e. The minimum absolute atomic E-state index is 0.0118. The van der Waals surface area contributed by atoms with E-state index in [1.54, 1.807) is 0 Å². The minimum atomic E-state index is 0.0118. The monoisotopic (exact) mass is 259 g/mol. The molecular weight excluding hydrogens is 238 g/mol. The van der Waals surface area contributed by atoms with Gasteiger partial charge in [-0.05, 0) is 36.3 Å². The van der Waals surface area contributed by atoms with Crippen molar-refractivity contribution < 1.29 is 9.53 Å². The molecule has 3 nitrogen and oxygen atoms in total. The Hall–Kier alpha value is -1.19. The highest BCUT2D eigenvalue weighted by atomic mass is 16.5. The average Bonchev–Trinajstić information content (AvgIpc) is 2.48. The van der Waals surface area contributed by atoms with E-state index in [1.165, 1.54) is 11.1 Å².